The van der Waals surface area contributed by atoms with E-state index >= 15 is 0 Å². The largest absolute Gasteiger partial charge is 0.493 e. The van der Waals surface area contributed by atoms with Gasteiger partial charge in [-0.2, -0.15) is 0 Å². The van der Waals surface area contributed by atoms with E-state index in [4.69, 9.17) is 18.7 Å². The Balaban J connectivity index is 2.02. The van der Waals surface area contributed by atoms with Crippen LogP contribution in [0.2, 0.25) is 0 Å². The van der Waals surface area contributed by atoms with Gasteiger partial charge in [0.25, 0.3) is 0 Å². The summed E-state index contributed by atoms with van der Waals surface area (Å²) in [5, 5.41) is 3.89. The third-order valence-electron chi connectivity index (χ3n) is 3.28. The van der Waals surface area contributed by atoms with E-state index in [9.17, 15) is 4.79 Å². The van der Waals surface area contributed by atoms with Crippen molar-refractivity contribution in [1.82, 2.24) is 0 Å². The standard InChI is InChI=1S/C17H19NO6/c1-11-14(17(19)22-4)8-13(24-11)10-23-18-9-12-6-5-7-15(20-2)16(12)21-3/h5-9H,10H2,1-4H3/b18-9-. The molecule has 128 valence electrons. The van der Waals surface area contributed by atoms with Gasteiger partial charge in [0.1, 0.15) is 17.1 Å². The molecule has 0 saturated heterocycles. The van der Waals surface area contributed by atoms with Crippen molar-refractivity contribution < 1.29 is 28.3 Å². The molecule has 0 saturated carbocycles. The van der Waals surface area contributed by atoms with Gasteiger partial charge in [0, 0.05) is 5.56 Å². The van der Waals surface area contributed by atoms with Gasteiger partial charge in [-0.15, -0.1) is 0 Å². The number of hydrogen-bond acceptors (Lipinski definition) is 7. The number of benzene rings is 1. The molecule has 0 amide bonds. The molecule has 0 spiro atoms. The van der Waals surface area contributed by atoms with E-state index < -0.39 is 5.97 Å². The van der Waals surface area contributed by atoms with Gasteiger partial charge in [-0.1, -0.05) is 11.2 Å². The van der Waals surface area contributed by atoms with E-state index in [1.165, 1.54) is 13.3 Å². The van der Waals surface area contributed by atoms with Gasteiger partial charge in [-0.05, 0) is 25.1 Å². The van der Waals surface area contributed by atoms with E-state index in [2.05, 4.69) is 9.89 Å². The molecule has 2 rings (SSSR count). The Bertz CT molecular complexity index is 735. The SMILES string of the molecule is COC(=O)c1cc(CO/N=C\c2cccc(OC)c2OC)oc1C. The quantitative estimate of drug-likeness (QED) is 0.440. The molecule has 0 atom stereocenters. The fourth-order valence-electron chi connectivity index (χ4n) is 2.14. The first-order valence-corrected chi connectivity index (χ1v) is 7.14. The molecule has 0 aliphatic carbocycles. The average molecular weight is 333 g/mol. The Morgan fingerprint density at radius 3 is 2.71 bits per heavy atom. The minimum atomic E-state index is -0.452. The number of carbonyl (C=O) groups excluding carboxylic acids is 1. The Morgan fingerprint density at radius 1 is 1.25 bits per heavy atom. The van der Waals surface area contributed by atoms with Crippen molar-refractivity contribution in [3.8, 4) is 11.5 Å². The summed E-state index contributed by atoms with van der Waals surface area (Å²) in [6, 6.07) is 7.00. The van der Waals surface area contributed by atoms with E-state index in [0.29, 0.717) is 34.1 Å². The first-order valence-electron chi connectivity index (χ1n) is 7.14. The molecule has 0 bridgehead atoms. The van der Waals surface area contributed by atoms with Gasteiger partial charge in [-0.25, -0.2) is 4.79 Å². The van der Waals surface area contributed by atoms with Crippen LogP contribution in [0.4, 0.5) is 0 Å². The van der Waals surface area contributed by atoms with Crippen LogP contribution in [-0.2, 0) is 16.2 Å². The lowest BCUT2D eigenvalue weighted by molar-refractivity contribution is 0.0599. The smallest absolute Gasteiger partial charge is 0.341 e. The highest BCUT2D eigenvalue weighted by atomic mass is 16.6. The highest BCUT2D eigenvalue weighted by Gasteiger charge is 2.15. The summed E-state index contributed by atoms with van der Waals surface area (Å²) in [4.78, 5) is 16.7. The molecule has 0 unspecified atom stereocenters. The molecule has 0 N–H and O–H groups in total. The van der Waals surface area contributed by atoms with Crippen LogP contribution in [-0.4, -0.2) is 33.5 Å². The number of para-hydroxylation sites is 1. The molecule has 7 nitrogen and oxygen atoms in total. The summed E-state index contributed by atoms with van der Waals surface area (Å²) in [7, 11) is 4.43. The molecule has 0 aliphatic rings. The number of furan rings is 1. The Kier molecular flexibility index (Phi) is 5.83. The molecule has 2 aromatic rings. The van der Waals surface area contributed by atoms with Gasteiger partial charge in [0.2, 0.25) is 0 Å². The second-order valence-corrected chi connectivity index (χ2v) is 4.76. The zero-order valence-corrected chi connectivity index (χ0v) is 14.0. The number of aryl methyl sites for hydroxylation is 1. The van der Waals surface area contributed by atoms with Gasteiger partial charge in [0.15, 0.2) is 18.1 Å². The fourth-order valence-corrected chi connectivity index (χ4v) is 2.14. The van der Waals surface area contributed by atoms with Crippen LogP contribution < -0.4 is 9.47 Å². The van der Waals surface area contributed by atoms with Crippen molar-refractivity contribution in [2.24, 2.45) is 5.16 Å². The summed E-state index contributed by atoms with van der Waals surface area (Å²) in [6.45, 7) is 1.76. The van der Waals surface area contributed by atoms with E-state index in [0.717, 1.165) is 0 Å². The lowest BCUT2D eigenvalue weighted by Crippen LogP contribution is -2.00. The summed E-state index contributed by atoms with van der Waals surface area (Å²) >= 11 is 0. The lowest BCUT2D eigenvalue weighted by atomic mass is 10.2. The zero-order valence-electron chi connectivity index (χ0n) is 14.0. The van der Waals surface area contributed by atoms with Gasteiger partial charge >= 0.3 is 5.97 Å². The highest BCUT2D eigenvalue weighted by molar-refractivity contribution is 5.90. The van der Waals surface area contributed by atoms with Crippen LogP contribution in [0.3, 0.4) is 0 Å². The van der Waals surface area contributed by atoms with Crippen molar-refractivity contribution in [3.63, 3.8) is 0 Å². The van der Waals surface area contributed by atoms with E-state index in [1.54, 1.807) is 33.3 Å². The molecule has 1 aromatic heterocycles. The minimum absolute atomic E-state index is 0.0839. The molecular formula is C17H19NO6. The molecule has 7 heteroatoms. The Morgan fingerprint density at radius 2 is 2.04 bits per heavy atom. The number of carbonyl (C=O) groups is 1. The van der Waals surface area contributed by atoms with Crippen LogP contribution in [0, 0.1) is 6.92 Å². The number of ether oxygens (including phenoxy) is 3. The first kappa shape index (κ1) is 17.4. The molecular weight excluding hydrogens is 314 g/mol. The highest BCUT2D eigenvalue weighted by Crippen LogP contribution is 2.29. The molecule has 0 aliphatic heterocycles. The first-order chi connectivity index (χ1) is 11.6. The van der Waals surface area contributed by atoms with E-state index in [1.807, 2.05) is 12.1 Å². The van der Waals surface area contributed by atoms with Gasteiger partial charge in [0.05, 0.1) is 27.5 Å². The summed E-state index contributed by atoms with van der Waals surface area (Å²) in [5.74, 6) is 1.66. The van der Waals surface area contributed by atoms with Crippen LogP contribution in [0.15, 0.2) is 33.8 Å². The maximum Gasteiger partial charge on any atom is 0.341 e. The molecule has 24 heavy (non-hydrogen) atoms. The molecule has 0 fully saturated rings. The lowest BCUT2D eigenvalue weighted by Gasteiger charge is -2.09. The Hall–Kier alpha value is -2.96. The van der Waals surface area contributed by atoms with Crippen molar-refractivity contribution in [3.05, 3.63) is 46.9 Å². The predicted octanol–water partition coefficient (Wildman–Crippen LogP) is 2.94. The van der Waals surface area contributed by atoms with E-state index in [-0.39, 0.29) is 6.61 Å². The number of hydrogen-bond donors (Lipinski definition) is 0. The maximum atomic E-state index is 11.5. The normalized spacial score (nSPS) is 10.7. The van der Waals surface area contributed by atoms with Crippen molar-refractivity contribution in [2.45, 2.75) is 13.5 Å². The topological polar surface area (TPSA) is 79.5 Å². The van der Waals surface area contributed by atoms with Gasteiger partial charge in [-0.3, -0.25) is 0 Å². The third kappa shape index (κ3) is 3.87. The van der Waals surface area contributed by atoms with Crippen LogP contribution in [0.1, 0.15) is 27.4 Å². The zero-order chi connectivity index (χ0) is 17.5. The number of rotatable bonds is 7. The second-order valence-electron chi connectivity index (χ2n) is 4.76. The predicted molar refractivity (Wildman–Crippen MR) is 86.7 cm³/mol. The van der Waals surface area contributed by atoms with Crippen LogP contribution >= 0.6 is 0 Å². The number of esters is 1. The average Bonchev–Trinajstić information content (AvgIpc) is 2.98. The van der Waals surface area contributed by atoms with Crippen LogP contribution in [0.5, 0.6) is 11.5 Å². The Labute approximate surface area is 139 Å². The molecule has 1 aromatic carbocycles. The third-order valence-corrected chi connectivity index (χ3v) is 3.28. The number of methoxy groups -OCH3 is 3. The fraction of sp³-hybridized carbons (Fsp3) is 0.294. The summed E-state index contributed by atoms with van der Waals surface area (Å²) < 4.78 is 20.6. The van der Waals surface area contributed by atoms with Gasteiger partial charge < -0.3 is 23.5 Å². The number of nitrogens with zero attached hydrogens (tertiary/aromatic N) is 1. The van der Waals surface area contributed by atoms with Crippen LogP contribution in [0.25, 0.3) is 0 Å². The van der Waals surface area contributed by atoms with Crippen molar-refractivity contribution in [1.29, 1.82) is 0 Å². The number of oxime groups is 1. The summed E-state index contributed by atoms with van der Waals surface area (Å²) in [5.41, 5.74) is 1.08. The van der Waals surface area contributed by atoms with Crippen molar-refractivity contribution in [2.75, 3.05) is 21.3 Å². The monoisotopic (exact) mass is 333 g/mol. The van der Waals surface area contributed by atoms with Crippen molar-refractivity contribution >= 4 is 12.2 Å². The molecule has 1 heterocycles. The minimum Gasteiger partial charge on any atom is -0.493 e. The molecule has 0 radical (unpaired) electrons. The second kappa shape index (κ2) is 8.05. The maximum absolute atomic E-state index is 11.5. The summed E-state index contributed by atoms with van der Waals surface area (Å²) in [6.07, 6.45) is 1.51.